The highest BCUT2D eigenvalue weighted by molar-refractivity contribution is 7.89. The molecule has 0 aliphatic carbocycles. The van der Waals surface area contributed by atoms with Gasteiger partial charge in [0, 0.05) is 19.2 Å². The van der Waals surface area contributed by atoms with Crippen LogP contribution < -0.4 is 14.8 Å². The average Bonchev–Trinajstić information content (AvgIpc) is 2.78. The lowest BCUT2D eigenvalue weighted by molar-refractivity contribution is 0.0980. The van der Waals surface area contributed by atoms with Crippen LogP contribution in [-0.4, -0.2) is 72.6 Å². The monoisotopic (exact) mass is 494 g/mol. The number of fused-ring (bicyclic) bond motifs is 1. The minimum absolute atomic E-state index is 0.00845. The molecule has 0 saturated heterocycles. The van der Waals surface area contributed by atoms with Gasteiger partial charge in [0.05, 0.1) is 17.0 Å². The second kappa shape index (κ2) is 10.9. The Kier molecular flexibility index (Phi) is 8.24. The fourth-order valence-electron chi connectivity index (χ4n) is 3.67. The van der Waals surface area contributed by atoms with Crippen molar-refractivity contribution in [1.29, 1.82) is 0 Å². The maximum absolute atomic E-state index is 13.5. The van der Waals surface area contributed by atoms with Crippen LogP contribution >= 0.6 is 0 Å². The highest BCUT2D eigenvalue weighted by atomic mass is 32.2. The lowest BCUT2D eigenvalue weighted by Crippen LogP contribution is -2.50. The van der Waals surface area contributed by atoms with Gasteiger partial charge in [0.15, 0.2) is 11.5 Å². The van der Waals surface area contributed by atoms with Crippen molar-refractivity contribution < 1.29 is 38.0 Å². The summed E-state index contributed by atoms with van der Waals surface area (Å²) in [5.41, 5.74) is 0.667. The molecule has 11 heteroatoms. The van der Waals surface area contributed by atoms with Gasteiger partial charge in [-0.05, 0) is 42.2 Å². The normalized spacial score (nSPS) is 15.2. The molecule has 1 aliphatic heterocycles. The van der Waals surface area contributed by atoms with Crippen molar-refractivity contribution in [1.82, 2.24) is 9.62 Å². The molecule has 0 unspecified atom stereocenters. The Hall–Kier alpha value is -3.02. The largest absolute Gasteiger partial charge is 0.508 e. The molecule has 0 fully saturated rings. The first-order valence-corrected chi connectivity index (χ1v) is 12.4. The summed E-state index contributed by atoms with van der Waals surface area (Å²) in [6.07, 6.45) is -2.57. The van der Waals surface area contributed by atoms with Crippen molar-refractivity contribution in [2.45, 2.75) is 37.3 Å². The van der Waals surface area contributed by atoms with Crippen LogP contribution in [0.25, 0.3) is 0 Å². The molecule has 2 aromatic carbocycles. The number of nitrogens with zero attached hydrogens (tertiary/aromatic N) is 1. The summed E-state index contributed by atoms with van der Waals surface area (Å²) in [7, 11) is -4.04. The van der Waals surface area contributed by atoms with Gasteiger partial charge in [0.2, 0.25) is 10.0 Å². The molecular weight excluding hydrogens is 464 g/mol. The van der Waals surface area contributed by atoms with E-state index < -0.39 is 28.3 Å². The molecule has 1 aliphatic rings. The van der Waals surface area contributed by atoms with E-state index in [0.717, 1.165) is 4.31 Å². The first-order valence-electron chi connectivity index (χ1n) is 10.9. The van der Waals surface area contributed by atoms with Crippen LogP contribution in [0, 0.1) is 5.92 Å². The van der Waals surface area contributed by atoms with Crippen molar-refractivity contribution in [3.8, 4) is 17.2 Å². The predicted octanol–water partition coefficient (Wildman–Crippen LogP) is 2.05. The highest BCUT2D eigenvalue weighted by Gasteiger charge is 2.32. The molecule has 34 heavy (non-hydrogen) atoms. The summed E-state index contributed by atoms with van der Waals surface area (Å²) in [4.78, 5) is 11.3. The van der Waals surface area contributed by atoms with Gasteiger partial charge in [-0.1, -0.05) is 26.0 Å². The predicted molar refractivity (Wildman–Crippen MR) is 124 cm³/mol. The van der Waals surface area contributed by atoms with Crippen LogP contribution in [0.3, 0.4) is 0 Å². The Bertz CT molecular complexity index is 1090. The van der Waals surface area contributed by atoms with E-state index >= 15 is 0 Å². The van der Waals surface area contributed by atoms with E-state index in [1.165, 1.54) is 30.3 Å². The number of carbonyl (C=O) groups is 1. The number of phenolic OH excluding ortho intramolecular Hbond substituents is 1. The zero-order chi connectivity index (χ0) is 24.9. The van der Waals surface area contributed by atoms with Gasteiger partial charge >= 0.3 is 6.09 Å². The smallest absolute Gasteiger partial charge is 0.404 e. The molecule has 10 nitrogen and oxygen atoms in total. The molecule has 0 aromatic heterocycles. The molecule has 0 saturated carbocycles. The highest BCUT2D eigenvalue weighted by Crippen LogP contribution is 2.33. The van der Waals surface area contributed by atoms with Gasteiger partial charge in [-0.25, -0.2) is 13.2 Å². The number of nitrogens with one attached hydrogen (secondary N) is 1. The fraction of sp³-hybridized carbons (Fsp3) is 0.435. The van der Waals surface area contributed by atoms with Gasteiger partial charge in [0.25, 0.3) is 0 Å². The number of amides is 1. The summed E-state index contributed by atoms with van der Waals surface area (Å²) in [5, 5.41) is 31.9. The van der Waals surface area contributed by atoms with E-state index in [9.17, 15) is 28.5 Å². The lowest BCUT2D eigenvalue weighted by Gasteiger charge is -2.30. The van der Waals surface area contributed by atoms with Crippen molar-refractivity contribution in [2.24, 2.45) is 5.92 Å². The Morgan fingerprint density at radius 1 is 1.06 bits per heavy atom. The molecule has 0 spiro atoms. The number of aliphatic hydroxyl groups is 1. The summed E-state index contributed by atoms with van der Waals surface area (Å²) >= 11 is 0. The molecule has 2 atom stereocenters. The van der Waals surface area contributed by atoms with Crippen LogP contribution in [0.4, 0.5) is 4.79 Å². The van der Waals surface area contributed by atoms with Crippen LogP contribution in [0.1, 0.15) is 19.4 Å². The number of aromatic hydroxyl groups is 1. The Balaban J connectivity index is 1.85. The molecule has 1 amide bonds. The van der Waals surface area contributed by atoms with Crippen LogP contribution in [0.5, 0.6) is 17.2 Å². The summed E-state index contributed by atoms with van der Waals surface area (Å²) in [6.45, 7) is 4.18. The number of hydrogen-bond donors (Lipinski definition) is 4. The van der Waals surface area contributed by atoms with Gasteiger partial charge in [-0.2, -0.15) is 4.31 Å². The number of sulfonamides is 1. The fourth-order valence-corrected chi connectivity index (χ4v) is 5.31. The first kappa shape index (κ1) is 25.6. The zero-order valence-corrected chi connectivity index (χ0v) is 19.9. The number of benzene rings is 2. The topological polar surface area (TPSA) is 146 Å². The molecule has 0 bridgehead atoms. The minimum atomic E-state index is -4.04. The molecule has 4 N–H and O–H groups in total. The van der Waals surface area contributed by atoms with Gasteiger partial charge in [-0.15, -0.1) is 0 Å². The zero-order valence-electron chi connectivity index (χ0n) is 19.0. The molecule has 3 rings (SSSR count). The van der Waals surface area contributed by atoms with Crippen LogP contribution in [0.15, 0.2) is 47.4 Å². The SMILES string of the molecule is CC(C)CN(C[C@H](O)[C@H](Cc1ccc(O)cc1)NC(=O)O)S(=O)(=O)c1ccc2c(c1)OCCO2. The number of rotatable bonds is 10. The van der Waals surface area contributed by atoms with Gasteiger partial charge in [-0.3, -0.25) is 0 Å². The minimum Gasteiger partial charge on any atom is -0.508 e. The van der Waals surface area contributed by atoms with E-state index in [2.05, 4.69) is 5.32 Å². The van der Waals surface area contributed by atoms with Gasteiger partial charge in [0.1, 0.15) is 19.0 Å². The molecule has 1 heterocycles. The molecule has 0 radical (unpaired) electrons. The summed E-state index contributed by atoms with van der Waals surface area (Å²) in [5.74, 6) is 0.790. The van der Waals surface area contributed by atoms with Crippen LogP contribution in [0.2, 0.25) is 0 Å². The Morgan fingerprint density at radius 2 is 1.71 bits per heavy atom. The van der Waals surface area contributed by atoms with Crippen LogP contribution in [-0.2, 0) is 16.4 Å². The van der Waals surface area contributed by atoms with Crippen molar-refractivity contribution in [2.75, 3.05) is 26.3 Å². The Morgan fingerprint density at radius 3 is 2.32 bits per heavy atom. The van der Waals surface area contributed by atoms with E-state index in [4.69, 9.17) is 9.47 Å². The maximum atomic E-state index is 13.5. The van der Waals surface area contributed by atoms with Crippen molar-refractivity contribution in [3.63, 3.8) is 0 Å². The average molecular weight is 495 g/mol. The third-order valence-corrected chi connectivity index (χ3v) is 7.10. The summed E-state index contributed by atoms with van der Waals surface area (Å²) in [6, 6.07) is 9.50. The quantitative estimate of drug-likeness (QED) is 0.393. The summed E-state index contributed by atoms with van der Waals surface area (Å²) < 4.78 is 39.1. The van der Waals surface area contributed by atoms with Gasteiger partial charge < -0.3 is 30.1 Å². The van der Waals surface area contributed by atoms with E-state index in [1.807, 2.05) is 13.8 Å². The van der Waals surface area contributed by atoms with E-state index in [1.54, 1.807) is 12.1 Å². The third kappa shape index (κ3) is 6.52. The molecule has 2 aromatic rings. The number of hydrogen-bond acceptors (Lipinski definition) is 7. The first-order chi connectivity index (χ1) is 16.1. The third-order valence-electron chi connectivity index (χ3n) is 5.28. The van der Waals surface area contributed by atoms with Crippen molar-refractivity contribution in [3.05, 3.63) is 48.0 Å². The van der Waals surface area contributed by atoms with E-state index in [0.29, 0.717) is 30.3 Å². The standard InChI is InChI=1S/C23H30N2O8S/c1-15(2)13-25(34(30,31)18-7-8-21-22(12-18)33-10-9-32-21)14-20(27)19(24-23(28)29)11-16-3-5-17(26)6-4-16/h3-8,12,15,19-20,24,26-27H,9-11,13-14H2,1-2H3,(H,28,29)/t19-,20-/m0/s1. The molecular formula is C23H30N2O8S. The Labute approximate surface area is 198 Å². The van der Waals surface area contributed by atoms with E-state index in [-0.39, 0.29) is 36.1 Å². The second-order valence-electron chi connectivity index (χ2n) is 8.52. The number of carboxylic acid groups (broad SMARTS) is 1. The maximum Gasteiger partial charge on any atom is 0.404 e. The number of ether oxygens (including phenoxy) is 2. The number of phenols is 1. The second-order valence-corrected chi connectivity index (χ2v) is 10.5. The van der Waals surface area contributed by atoms with Crippen molar-refractivity contribution >= 4 is 16.1 Å². The number of aliphatic hydroxyl groups excluding tert-OH is 1. The lowest BCUT2D eigenvalue weighted by atomic mass is 10.0. The molecule has 186 valence electrons.